The van der Waals surface area contributed by atoms with Crippen LogP contribution in [0.5, 0.6) is 0 Å². The molecular formula is C17H21N5O. The van der Waals surface area contributed by atoms with Gasteiger partial charge in [0, 0.05) is 25.0 Å². The highest BCUT2D eigenvalue weighted by atomic mass is 16.2. The fourth-order valence-electron chi connectivity index (χ4n) is 2.60. The molecule has 2 amide bonds. The third kappa shape index (κ3) is 3.97. The largest absolute Gasteiger partial charge is 0.341 e. The van der Waals surface area contributed by atoms with Crippen LogP contribution in [0.2, 0.25) is 0 Å². The summed E-state index contributed by atoms with van der Waals surface area (Å²) in [4.78, 5) is 23.0. The van der Waals surface area contributed by atoms with Gasteiger partial charge in [-0.3, -0.25) is 0 Å². The molecule has 0 atom stereocenters. The number of aromatic nitrogens is 2. The minimum absolute atomic E-state index is 0.236. The molecule has 120 valence electrons. The van der Waals surface area contributed by atoms with Crippen molar-refractivity contribution in [2.75, 3.05) is 23.3 Å². The number of hydrogen-bond donors (Lipinski definition) is 2. The van der Waals surface area contributed by atoms with Crippen molar-refractivity contribution in [1.82, 2.24) is 15.3 Å². The summed E-state index contributed by atoms with van der Waals surface area (Å²) in [5, 5.41) is 5.68. The van der Waals surface area contributed by atoms with E-state index in [0.717, 1.165) is 36.0 Å². The Bertz CT molecular complexity index is 682. The van der Waals surface area contributed by atoms with E-state index in [9.17, 15) is 4.79 Å². The summed E-state index contributed by atoms with van der Waals surface area (Å²) in [5.74, 6) is 0.751. The van der Waals surface area contributed by atoms with Gasteiger partial charge in [-0.15, -0.1) is 0 Å². The molecular weight excluding hydrogens is 290 g/mol. The first-order valence-corrected chi connectivity index (χ1v) is 7.90. The topological polar surface area (TPSA) is 70.2 Å². The zero-order valence-electron chi connectivity index (χ0n) is 13.2. The van der Waals surface area contributed by atoms with Crippen LogP contribution in [-0.2, 0) is 6.54 Å². The maximum Gasteiger partial charge on any atom is 0.319 e. The Hall–Kier alpha value is -2.63. The average Bonchev–Trinajstić information content (AvgIpc) is 3.10. The summed E-state index contributed by atoms with van der Waals surface area (Å²) in [7, 11) is 0. The van der Waals surface area contributed by atoms with E-state index in [0.29, 0.717) is 6.54 Å². The highest BCUT2D eigenvalue weighted by Crippen LogP contribution is 2.15. The van der Waals surface area contributed by atoms with Gasteiger partial charge in [-0.2, -0.15) is 0 Å². The summed E-state index contributed by atoms with van der Waals surface area (Å²) in [5.41, 5.74) is 2.65. The van der Waals surface area contributed by atoms with Crippen molar-refractivity contribution in [2.45, 2.75) is 26.3 Å². The lowest BCUT2D eigenvalue weighted by Gasteiger charge is -2.15. The van der Waals surface area contributed by atoms with Crippen LogP contribution in [-0.4, -0.2) is 29.1 Å². The quantitative estimate of drug-likeness (QED) is 0.911. The average molecular weight is 311 g/mol. The minimum Gasteiger partial charge on any atom is -0.341 e. The molecule has 1 saturated heterocycles. The Balaban J connectivity index is 1.56. The normalized spacial score (nSPS) is 13.9. The van der Waals surface area contributed by atoms with Crippen LogP contribution in [0.1, 0.15) is 24.1 Å². The number of aryl methyl sites for hydroxylation is 1. The Kier molecular flexibility index (Phi) is 4.71. The van der Waals surface area contributed by atoms with Crippen molar-refractivity contribution in [3.8, 4) is 0 Å². The zero-order chi connectivity index (χ0) is 16.1. The van der Waals surface area contributed by atoms with Crippen LogP contribution in [0.4, 0.5) is 16.4 Å². The molecule has 23 heavy (non-hydrogen) atoms. The van der Waals surface area contributed by atoms with E-state index in [1.165, 1.54) is 12.8 Å². The first kappa shape index (κ1) is 15.3. The van der Waals surface area contributed by atoms with Crippen molar-refractivity contribution in [1.29, 1.82) is 0 Å². The molecule has 1 fully saturated rings. The monoisotopic (exact) mass is 311 g/mol. The molecule has 0 bridgehead atoms. The SMILES string of the molecule is Cc1ccccc1NC(=O)NCc1ccnc(N2CCCC2)n1. The first-order valence-electron chi connectivity index (χ1n) is 7.90. The van der Waals surface area contributed by atoms with Gasteiger partial charge in [-0.1, -0.05) is 18.2 Å². The molecule has 0 saturated carbocycles. The van der Waals surface area contributed by atoms with Crippen molar-refractivity contribution >= 4 is 17.7 Å². The molecule has 6 nitrogen and oxygen atoms in total. The third-order valence-corrected chi connectivity index (χ3v) is 3.91. The highest BCUT2D eigenvalue weighted by Gasteiger charge is 2.15. The standard InChI is InChI=1S/C17H21N5O/c1-13-6-2-3-7-15(13)21-17(23)19-12-14-8-9-18-16(20-14)22-10-4-5-11-22/h2-3,6-9H,4-5,10-12H2,1H3,(H2,19,21,23). The zero-order valence-corrected chi connectivity index (χ0v) is 13.2. The maximum atomic E-state index is 12.0. The summed E-state index contributed by atoms with van der Waals surface area (Å²) in [6.45, 7) is 4.35. The number of nitrogens with one attached hydrogen (secondary N) is 2. The van der Waals surface area contributed by atoms with Gasteiger partial charge in [0.05, 0.1) is 12.2 Å². The minimum atomic E-state index is -0.236. The summed E-state index contributed by atoms with van der Waals surface area (Å²) in [6.07, 6.45) is 4.12. The van der Waals surface area contributed by atoms with Crippen LogP contribution in [0.25, 0.3) is 0 Å². The van der Waals surface area contributed by atoms with Gasteiger partial charge in [-0.25, -0.2) is 14.8 Å². The number of hydrogen-bond acceptors (Lipinski definition) is 4. The van der Waals surface area contributed by atoms with Gasteiger partial charge >= 0.3 is 6.03 Å². The number of urea groups is 1. The molecule has 2 N–H and O–H groups in total. The van der Waals surface area contributed by atoms with Gasteiger partial charge in [0.2, 0.25) is 5.95 Å². The molecule has 1 aliphatic heterocycles. The van der Waals surface area contributed by atoms with E-state index < -0.39 is 0 Å². The molecule has 3 rings (SSSR count). The van der Waals surface area contributed by atoms with E-state index in [1.54, 1.807) is 6.20 Å². The molecule has 1 aromatic heterocycles. The van der Waals surface area contributed by atoms with Crippen LogP contribution in [0.3, 0.4) is 0 Å². The molecule has 0 spiro atoms. The van der Waals surface area contributed by atoms with Gasteiger partial charge in [-0.05, 0) is 37.5 Å². The number of benzene rings is 1. The second kappa shape index (κ2) is 7.09. The smallest absolute Gasteiger partial charge is 0.319 e. The summed E-state index contributed by atoms with van der Waals surface area (Å²) in [6, 6.07) is 9.27. The molecule has 1 aliphatic rings. The predicted octanol–water partition coefficient (Wildman–Crippen LogP) is 2.71. The lowest BCUT2D eigenvalue weighted by atomic mass is 10.2. The maximum absolute atomic E-state index is 12.0. The molecule has 6 heteroatoms. The van der Waals surface area contributed by atoms with E-state index >= 15 is 0 Å². The van der Waals surface area contributed by atoms with Crippen LogP contribution < -0.4 is 15.5 Å². The predicted molar refractivity (Wildman–Crippen MR) is 90.5 cm³/mol. The van der Waals surface area contributed by atoms with Crippen molar-refractivity contribution in [3.05, 3.63) is 47.8 Å². The Morgan fingerprint density at radius 1 is 1.22 bits per heavy atom. The second-order valence-electron chi connectivity index (χ2n) is 5.66. The molecule has 2 aromatic rings. The first-order chi connectivity index (χ1) is 11.2. The number of amides is 2. The summed E-state index contributed by atoms with van der Waals surface area (Å²) < 4.78 is 0. The molecule has 0 unspecified atom stereocenters. The number of anilines is 2. The van der Waals surface area contributed by atoms with Gasteiger partial charge in [0.15, 0.2) is 0 Å². The van der Waals surface area contributed by atoms with Crippen molar-refractivity contribution in [3.63, 3.8) is 0 Å². The number of para-hydroxylation sites is 1. The number of nitrogens with zero attached hydrogens (tertiary/aromatic N) is 3. The highest BCUT2D eigenvalue weighted by molar-refractivity contribution is 5.89. The Morgan fingerprint density at radius 3 is 2.78 bits per heavy atom. The molecule has 2 heterocycles. The van der Waals surface area contributed by atoms with Crippen LogP contribution in [0, 0.1) is 6.92 Å². The molecule has 1 aromatic carbocycles. The summed E-state index contributed by atoms with van der Waals surface area (Å²) >= 11 is 0. The van der Waals surface area contributed by atoms with E-state index in [4.69, 9.17) is 0 Å². The Labute approximate surface area is 135 Å². The van der Waals surface area contributed by atoms with E-state index in [2.05, 4.69) is 25.5 Å². The van der Waals surface area contributed by atoms with E-state index in [-0.39, 0.29) is 6.03 Å². The lowest BCUT2D eigenvalue weighted by molar-refractivity contribution is 0.251. The van der Waals surface area contributed by atoms with Crippen LogP contribution >= 0.6 is 0 Å². The number of carbonyl (C=O) groups is 1. The third-order valence-electron chi connectivity index (χ3n) is 3.91. The molecule has 0 aliphatic carbocycles. The fourth-order valence-corrected chi connectivity index (χ4v) is 2.60. The Morgan fingerprint density at radius 2 is 2.00 bits per heavy atom. The lowest BCUT2D eigenvalue weighted by Crippen LogP contribution is -2.29. The second-order valence-corrected chi connectivity index (χ2v) is 5.66. The van der Waals surface area contributed by atoms with Gasteiger partial charge < -0.3 is 15.5 Å². The van der Waals surface area contributed by atoms with Crippen molar-refractivity contribution < 1.29 is 4.79 Å². The fraction of sp³-hybridized carbons (Fsp3) is 0.353. The molecule has 0 radical (unpaired) electrons. The van der Waals surface area contributed by atoms with Gasteiger partial charge in [0.1, 0.15) is 0 Å². The van der Waals surface area contributed by atoms with Crippen LogP contribution in [0.15, 0.2) is 36.5 Å². The number of carbonyl (C=O) groups excluding carboxylic acids is 1. The van der Waals surface area contributed by atoms with Gasteiger partial charge in [0.25, 0.3) is 0 Å². The van der Waals surface area contributed by atoms with Crippen molar-refractivity contribution in [2.24, 2.45) is 0 Å². The van der Waals surface area contributed by atoms with E-state index in [1.807, 2.05) is 37.3 Å². The number of rotatable bonds is 4.